The number of aromatic nitrogens is 1. The van der Waals surface area contributed by atoms with Gasteiger partial charge in [-0.05, 0) is 88.2 Å². The highest BCUT2D eigenvalue weighted by Gasteiger charge is 2.26. The lowest BCUT2D eigenvalue weighted by Crippen LogP contribution is -2.14. The van der Waals surface area contributed by atoms with E-state index in [1.807, 2.05) is 56.5 Å². The summed E-state index contributed by atoms with van der Waals surface area (Å²) in [4.78, 5) is 13.1. The summed E-state index contributed by atoms with van der Waals surface area (Å²) in [6.45, 7) is 9.67. The van der Waals surface area contributed by atoms with Crippen LogP contribution in [0.5, 0.6) is 0 Å². The molecule has 0 aliphatic heterocycles. The van der Waals surface area contributed by atoms with E-state index in [9.17, 15) is 13.2 Å². The zero-order chi connectivity index (χ0) is 25.5. The molecule has 0 spiro atoms. The molecule has 35 heavy (non-hydrogen) atoms. The predicted octanol–water partition coefficient (Wildman–Crippen LogP) is 6.50. The van der Waals surface area contributed by atoms with Gasteiger partial charge in [0, 0.05) is 21.8 Å². The quantitative estimate of drug-likeness (QED) is 0.300. The Morgan fingerprint density at radius 1 is 0.971 bits per heavy atom. The molecule has 6 nitrogen and oxygen atoms in total. The first-order valence-electron chi connectivity index (χ1n) is 11.2. The van der Waals surface area contributed by atoms with Gasteiger partial charge in [0.2, 0.25) is 0 Å². The van der Waals surface area contributed by atoms with E-state index in [0.29, 0.717) is 21.7 Å². The van der Waals surface area contributed by atoms with E-state index < -0.39 is 16.0 Å². The molecule has 4 aromatic rings. The van der Waals surface area contributed by atoms with Crippen LogP contribution in [0, 0.1) is 27.7 Å². The molecule has 0 saturated carbocycles. The van der Waals surface area contributed by atoms with E-state index in [2.05, 4.69) is 4.72 Å². The fraction of sp³-hybridized carbons (Fsp3) is 0.222. The van der Waals surface area contributed by atoms with Gasteiger partial charge in [0.25, 0.3) is 10.0 Å². The number of hydrogen-bond acceptors (Lipinski definition) is 4. The van der Waals surface area contributed by atoms with E-state index in [1.165, 1.54) is 24.3 Å². The first-order chi connectivity index (χ1) is 16.5. The van der Waals surface area contributed by atoms with Crippen LogP contribution in [0.1, 0.15) is 39.7 Å². The number of hydrogen-bond donors (Lipinski definition) is 1. The van der Waals surface area contributed by atoms with Gasteiger partial charge in [-0.3, -0.25) is 4.72 Å². The molecule has 1 N–H and O–H groups in total. The largest absolute Gasteiger partial charge is 0.462 e. The number of ether oxygens (including phenoxy) is 1. The molecule has 4 rings (SSSR count). The van der Waals surface area contributed by atoms with E-state index in [-0.39, 0.29) is 11.5 Å². The second kappa shape index (κ2) is 9.40. The molecule has 0 amide bonds. The van der Waals surface area contributed by atoms with Crippen LogP contribution in [-0.2, 0) is 14.8 Å². The number of aryl methyl sites for hydroxylation is 2. The number of nitrogens with zero attached hydrogens (tertiary/aromatic N) is 1. The van der Waals surface area contributed by atoms with Crippen molar-refractivity contribution in [2.24, 2.45) is 0 Å². The maximum atomic E-state index is 13.1. The Labute approximate surface area is 210 Å². The molecule has 0 unspecified atom stereocenters. The third-order valence-corrected chi connectivity index (χ3v) is 7.83. The van der Waals surface area contributed by atoms with Gasteiger partial charge in [0.1, 0.15) is 0 Å². The van der Waals surface area contributed by atoms with Crippen LogP contribution < -0.4 is 4.72 Å². The minimum Gasteiger partial charge on any atom is -0.462 e. The van der Waals surface area contributed by atoms with Crippen LogP contribution in [0.25, 0.3) is 16.6 Å². The third-order valence-electron chi connectivity index (χ3n) is 6.20. The number of nitrogens with one attached hydrogen (secondary N) is 1. The Morgan fingerprint density at radius 3 is 2.20 bits per heavy atom. The van der Waals surface area contributed by atoms with Crippen molar-refractivity contribution < 1.29 is 17.9 Å². The standard InChI is InChI=1S/C27H27ClN2O4S/c1-6-34-27(31)25-19(5)30(21-11-7-16(2)8-12-21)26-18(4)17(3)24(15-23(25)26)29-35(32,33)22-13-9-20(28)10-14-22/h7-15,29H,6H2,1-5H3. The Morgan fingerprint density at radius 2 is 1.60 bits per heavy atom. The molecule has 0 aliphatic carbocycles. The van der Waals surface area contributed by atoms with Crippen molar-refractivity contribution in [1.82, 2.24) is 4.57 Å². The van der Waals surface area contributed by atoms with Crippen LogP contribution in [0.4, 0.5) is 5.69 Å². The number of sulfonamides is 1. The van der Waals surface area contributed by atoms with Crippen molar-refractivity contribution in [3.63, 3.8) is 0 Å². The number of halogens is 1. The maximum Gasteiger partial charge on any atom is 0.340 e. The number of fused-ring (bicyclic) bond motifs is 1. The molecule has 0 radical (unpaired) electrons. The minimum atomic E-state index is -3.87. The highest BCUT2D eigenvalue weighted by molar-refractivity contribution is 7.92. The van der Waals surface area contributed by atoms with Crippen LogP contribution in [0.3, 0.4) is 0 Å². The number of anilines is 1. The van der Waals surface area contributed by atoms with E-state index in [4.69, 9.17) is 16.3 Å². The summed E-state index contributed by atoms with van der Waals surface area (Å²) < 4.78 is 36.3. The van der Waals surface area contributed by atoms with Crippen molar-refractivity contribution >= 4 is 44.2 Å². The Kier molecular flexibility index (Phi) is 6.66. The van der Waals surface area contributed by atoms with Crippen LogP contribution >= 0.6 is 11.6 Å². The maximum absolute atomic E-state index is 13.1. The molecular formula is C27H27ClN2O4S. The third kappa shape index (κ3) is 4.54. The first-order valence-corrected chi connectivity index (χ1v) is 13.1. The minimum absolute atomic E-state index is 0.0954. The monoisotopic (exact) mass is 510 g/mol. The molecule has 0 fully saturated rings. The molecule has 0 atom stereocenters. The molecule has 0 bridgehead atoms. The van der Waals surface area contributed by atoms with Crippen molar-refractivity contribution in [1.29, 1.82) is 0 Å². The second-order valence-electron chi connectivity index (χ2n) is 8.48. The lowest BCUT2D eigenvalue weighted by atomic mass is 10.0. The van der Waals surface area contributed by atoms with Crippen molar-refractivity contribution in [3.8, 4) is 5.69 Å². The van der Waals surface area contributed by atoms with Gasteiger partial charge in [-0.25, -0.2) is 13.2 Å². The van der Waals surface area contributed by atoms with Crippen LogP contribution in [-0.4, -0.2) is 25.6 Å². The SMILES string of the molecule is CCOC(=O)c1c(C)n(-c2ccc(C)cc2)c2c(C)c(C)c(NS(=O)(=O)c3ccc(Cl)cc3)cc12. The lowest BCUT2D eigenvalue weighted by Gasteiger charge is -2.16. The summed E-state index contributed by atoms with van der Waals surface area (Å²) in [6.07, 6.45) is 0. The highest BCUT2D eigenvalue weighted by atomic mass is 35.5. The molecular weight excluding hydrogens is 484 g/mol. The Hall–Kier alpha value is -3.29. The Bertz CT molecular complexity index is 1540. The first kappa shape index (κ1) is 24.8. The van der Waals surface area contributed by atoms with Gasteiger partial charge in [-0.1, -0.05) is 29.3 Å². The zero-order valence-electron chi connectivity index (χ0n) is 20.3. The van der Waals surface area contributed by atoms with E-state index >= 15 is 0 Å². The number of carbonyl (C=O) groups excluding carboxylic acids is 1. The van der Waals surface area contributed by atoms with Crippen LogP contribution in [0.15, 0.2) is 59.5 Å². The van der Waals surface area contributed by atoms with E-state index in [0.717, 1.165) is 33.6 Å². The van der Waals surface area contributed by atoms with Crippen molar-refractivity contribution in [2.75, 3.05) is 11.3 Å². The summed E-state index contributed by atoms with van der Waals surface area (Å²) in [5.74, 6) is -0.448. The smallest absolute Gasteiger partial charge is 0.340 e. The molecule has 8 heteroatoms. The molecule has 1 heterocycles. The topological polar surface area (TPSA) is 77.4 Å². The van der Waals surface area contributed by atoms with Gasteiger partial charge in [0.05, 0.1) is 28.3 Å². The van der Waals surface area contributed by atoms with Gasteiger partial charge in [-0.2, -0.15) is 0 Å². The highest BCUT2D eigenvalue weighted by Crippen LogP contribution is 2.37. The summed E-state index contributed by atoms with van der Waals surface area (Å²) in [5, 5.41) is 1.07. The summed E-state index contributed by atoms with van der Waals surface area (Å²) in [7, 11) is -3.87. The normalized spacial score (nSPS) is 11.6. The van der Waals surface area contributed by atoms with Gasteiger partial charge in [-0.15, -0.1) is 0 Å². The molecule has 182 valence electrons. The van der Waals surface area contributed by atoms with Gasteiger partial charge in [0.15, 0.2) is 0 Å². The zero-order valence-corrected chi connectivity index (χ0v) is 21.8. The fourth-order valence-corrected chi connectivity index (χ4v) is 5.50. The Balaban J connectivity index is 1.97. The van der Waals surface area contributed by atoms with Gasteiger partial charge < -0.3 is 9.30 Å². The fourth-order valence-electron chi connectivity index (χ4n) is 4.26. The summed E-state index contributed by atoms with van der Waals surface area (Å²) in [6, 6.07) is 15.7. The number of esters is 1. The summed E-state index contributed by atoms with van der Waals surface area (Å²) >= 11 is 5.92. The predicted molar refractivity (Wildman–Crippen MR) is 140 cm³/mol. The summed E-state index contributed by atoms with van der Waals surface area (Å²) in [5.41, 5.74) is 6.02. The average Bonchev–Trinajstić information content (AvgIpc) is 3.10. The molecule has 0 saturated heterocycles. The van der Waals surface area contributed by atoms with Crippen molar-refractivity contribution in [2.45, 2.75) is 39.5 Å². The number of carbonyl (C=O) groups is 1. The van der Waals surface area contributed by atoms with Crippen molar-refractivity contribution in [3.05, 3.63) is 87.6 Å². The van der Waals surface area contributed by atoms with Crippen LogP contribution in [0.2, 0.25) is 5.02 Å². The lowest BCUT2D eigenvalue weighted by molar-refractivity contribution is 0.0527. The molecule has 0 aliphatic rings. The number of rotatable bonds is 6. The molecule has 3 aromatic carbocycles. The van der Waals surface area contributed by atoms with E-state index in [1.54, 1.807) is 13.0 Å². The van der Waals surface area contributed by atoms with Gasteiger partial charge >= 0.3 is 5.97 Å². The molecule has 1 aromatic heterocycles. The number of benzene rings is 3. The second-order valence-corrected chi connectivity index (χ2v) is 10.6. The average molecular weight is 511 g/mol.